The first-order valence-electron chi connectivity index (χ1n) is 10.8. The fourth-order valence-electron chi connectivity index (χ4n) is 3.75. The molecule has 0 amide bonds. The Bertz CT molecular complexity index is 1180. The van der Waals surface area contributed by atoms with E-state index in [2.05, 4.69) is 10.3 Å². The van der Waals surface area contributed by atoms with E-state index in [1.165, 1.54) is 18.2 Å². The molecule has 0 aliphatic carbocycles. The summed E-state index contributed by atoms with van der Waals surface area (Å²) in [5.74, 6) is -1.13. The summed E-state index contributed by atoms with van der Waals surface area (Å²) < 4.78 is 33.8. The monoisotopic (exact) mass is 464 g/mol. The fourth-order valence-corrected chi connectivity index (χ4v) is 3.75. The maximum atomic E-state index is 14.0. The molecule has 0 radical (unpaired) electrons. The molecule has 1 saturated heterocycles. The minimum Gasteiger partial charge on any atom is -0.399 e. The number of rotatable bonds is 7. The SMILES string of the molecule is N=C(c1ccncc1)c1cc(N/C=C(\N)C2CN(Cc3c(F)cccc3F)CCO2)ccc1N. The minimum atomic E-state index is -0.565. The van der Waals surface area contributed by atoms with E-state index in [0.717, 1.165) is 0 Å². The number of morpholine rings is 1. The van der Waals surface area contributed by atoms with Gasteiger partial charge in [-0.15, -0.1) is 0 Å². The first kappa shape index (κ1) is 23.3. The maximum Gasteiger partial charge on any atom is 0.130 e. The second kappa shape index (κ2) is 10.4. The van der Waals surface area contributed by atoms with Crippen molar-refractivity contribution in [2.45, 2.75) is 12.6 Å². The van der Waals surface area contributed by atoms with Crippen molar-refractivity contribution in [1.82, 2.24) is 9.88 Å². The van der Waals surface area contributed by atoms with Gasteiger partial charge in [0.15, 0.2) is 0 Å². The largest absolute Gasteiger partial charge is 0.399 e. The first-order chi connectivity index (χ1) is 16.4. The van der Waals surface area contributed by atoms with Crippen molar-refractivity contribution in [2.24, 2.45) is 5.73 Å². The average Bonchev–Trinajstić information content (AvgIpc) is 2.86. The highest BCUT2D eigenvalue weighted by Crippen LogP contribution is 2.22. The van der Waals surface area contributed by atoms with Gasteiger partial charge in [0.25, 0.3) is 0 Å². The molecule has 1 atom stereocenters. The number of nitrogens with one attached hydrogen (secondary N) is 2. The Morgan fingerprint density at radius 1 is 1.18 bits per heavy atom. The van der Waals surface area contributed by atoms with Crippen LogP contribution in [0.25, 0.3) is 0 Å². The average molecular weight is 465 g/mol. The van der Waals surface area contributed by atoms with E-state index >= 15 is 0 Å². The summed E-state index contributed by atoms with van der Waals surface area (Å²) in [6.07, 6.45) is 4.45. The van der Waals surface area contributed by atoms with Crippen LogP contribution in [0.1, 0.15) is 16.7 Å². The third-order valence-electron chi connectivity index (χ3n) is 5.66. The molecule has 1 aromatic heterocycles. The first-order valence-corrected chi connectivity index (χ1v) is 10.8. The molecule has 7 nitrogen and oxygen atoms in total. The number of halogens is 2. The van der Waals surface area contributed by atoms with E-state index in [1.807, 2.05) is 4.90 Å². The number of nitrogen functional groups attached to an aromatic ring is 1. The summed E-state index contributed by atoms with van der Waals surface area (Å²) in [4.78, 5) is 5.89. The van der Waals surface area contributed by atoms with E-state index in [0.29, 0.717) is 47.9 Å². The van der Waals surface area contributed by atoms with Crippen molar-refractivity contribution in [1.29, 1.82) is 5.41 Å². The predicted octanol–water partition coefficient (Wildman–Crippen LogP) is 3.47. The van der Waals surface area contributed by atoms with Crippen LogP contribution in [0.2, 0.25) is 0 Å². The number of benzene rings is 2. The highest BCUT2D eigenvalue weighted by atomic mass is 19.1. The van der Waals surface area contributed by atoms with Gasteiger partial charge in [-0.1, -0.05) is 6.07 Å². The van der Waals surface area contributed by atoms with Crippen LogP contribution < -0.4 is 16.8 Å². The molecule has 9 heteroatoms. The lowest BCUT2D eigenvalue weighted by molar-refractivity contribution is -0.0136. The number of nitrogens with two attached hydrogens (primary N) is 2. The zero-order valence-corrected chi connectivity index (χ0v) is 18.5. The van der Waals surface area contributed by atoms with Crippen molar-refractivity contribution >= 4 is 17.1 Å². The molecule has 0 spiro atoms. The summed E-state index contributed by atoms with van der Waals surface area (Å²) in [6, 6.07) is 12.6. The summed E-state index contributed by atoms with van der Waals surface area (Å²) >= 11 is 0. The van der Waals surface area contributed by atoms with Crippen molar-refractivity contribution in [3.63, 3.8) is 0 Å². The number of pyridine rings is 1. The van der Waals surface area contributed by atoms with Crippen molar-refractivity contribution in [3.8, 4) is 0 Å². The Kier molecular flexibility index (Phi) is 7.15. The normalized spacial score (nSPS) is 16.9. The lowest BCUT2D eigenvalue weighted by Crippen LogP contribution is -2.44. The number of nitrogens with zero attached hydrogens (tertiary/aromatic N) is 2. The standard InChI is InChI=1S/C25H26F2N6O/c26-20-2-1-3-21(27)19(20)14-33-10-11-34-24(15-33)23(29)13-32-17-4-5-22(28)18(12-17)25(30)16-6-8-31-9-7-16/h1-9,12-13,24,30,32H,10-11,14-15,28-29H2/b23-13-,30-25?. The van der Waals surface area contributed by atoms with Crippen LogP contribution in [0.15, 0.2) is 72.8 Å². The van der Waals surface area contributed by atoms with Crippen LogP contribution in [-0.4, -0.2) is 41.4 Å². The maximum absolute atomic E-state index is 14.0. The minimum absolute atomic E-state index is 0.0369. The second-order valence-corrected chi connectivity index (χ2v) is 8.00. The number of hydrogen-bond acceptors (Lipinski definition) is 7. The molecular formula is C25H26F2N6O. The van der Waals surface area contributed by atoms with Gasteiger partial charge in [-0.2, -0.15) is 0 Å². The van der Waals surface area contributed by atoms with Gasteiger partial charge < -0.3 is 21.5 Å². The van der Waals surface area contributed by atoms with Gasteiger partial charge in [-0.25, -0.2) is 8.78 Å². The molecule has 34 heavy (non-hydrogen) atoms. The highest BCUT2D eigenvalue weighted by molar-refractivity contribution is 6.14. The van der Waals surface area contributed by atoms with E-state index in [9.17, 15) is 8.78 Å². The highest BCUT2D eigenvalue weighted by Gasteiger charge is 2.24. The molecular weight excluding hydrogens is 438 g/mol. The topological polar surface area (TPSA) is 113 Å². The Morgan fingerprint density at radius 3 is 2.65 bits per heavy atom. The number of hydrogen-bond donors (Lipinski definition) is 4. The Balaban J connectivity index is 1.43. The Labute approximate surface area is 196 Å². The Morgan fingerprint density at radius 2 is 1.91 bits per heavy atom. The fraction of sp³-hybridized carbons (Fsp3) is 0.200. The summed E-state index contributed by atoms with van der Waals surface area (Å²) in [6.45, 7) is 1.47. The zero-order chi connectivity index (χ0) is 24.1. The van der Waals surface area contributed by atoms with Crippen molar-refractivity contribution in [3.05, 3.63) is 101 Å². The molecule has 4 rings (SSSR count). The molecule has 3 aromatic rings. The van der Waals surface area contributed by atoms with Gasteiger partial charge in [0.2, 0.25) is 0 Å². The van der Waals surface area contributed by atoms with Crippen molar-refractivity contribution < 1.29 is 13.5 Å². The quantitative estimate of drug-likeness (QED) is 0.315. The van der Waals surface area contributed by atoms with Gasteiger partial charge in [0.05, 0.1) is 18.0 Å². The predicted molar refractivity (Wildman–Crippen MR) is 128 cm³/mol. The summed E-state index contributed by atoms with van der Waals surface area (Å²) in [7, 11) is 0. The summed E-state index contributed by atoms with van der Waals surface area (Å²) in [5.41, 5.74) is 15.6. The van der Waals surface area contributed by atoms with E-state index in [-0.39, 0.29) is 17.8 Å². The summed E-state index contributed by atoms with van der Waals surface area (Å²) in [5, 5.41) is 11.6. The van der Waals surface area contributed by atoms with Crippen LogP contribution in [0, 0.1) is 17.0 Å². The van der Waals surface area contributed by atoms with Crippen LogP contribution in [0.3, 0.4) is 0 Å². The second-order valence-electron chi connectivity index (χ2n) is 8.00. The van der Waals surface area contributed by atoms with Crippen LogP contribution >= 0.6 is 0 Å². The van der Waals surface area contributed by atoms with Gasteiger partial charge >= 0.3 is 0 Å². The van der Waals surface area contributed by atoms with E-state index < -0.39 is 17.7 Å². The van der Waals surface area contributed by atoms with Crippen LogP contribution in [0.4, 0.5) is 20.2 Å². The molecule has 6 N–H and O–H groups in total. The van der Waals surface area contributed by atoms with Crippen molar-refractivity contribution in [2.75, 3.05) is 30.7 Å². The van der Waals surface area contributed by atoms with Crippen LogP contribution in [0.5, 0.6) is 0 Å². The molecule has 0 saturated carbocycles. The van der Waals surface area contributed by atoms with Gasteiger partial charge in [-0.3, -0.25) is 15.3 Å². The lowest BCUT2D eigenvalue weighted by Gasteiger charge is -2.33. The molecule has 1 fully saturated rings. The van der Waals surface area contributed by atoms with E-state index in [1.54, 1.807) is 48.9 Å². The number of aromatic nitrogens is 1. The molecule has 1 unspecified atom stereocenters. The van der Waals surface area contributed by atoms with Crippen LogP contribution in [-0.2, 0) is 11.3 Å². The smallest absolute Gasteiger partial charge is 0.130 e. The number of ether oxygens (including phenoxy) is 1. The molecule has 2 heterocycles. The Hall–Kier alpha value is -3.82. The molecule has 1 aliphatic rings. The molecule has 0 bridgehead atoms. The molecule has 1 aliphatic heterocycles. The third-order valence-corrected chi connectivity index (χ3v) is 5.66. The third kappa shape index (κ3) is 5.38. The van der Waals surface area contributed by atoms with Gasteiger partial charge in [-0.05, 0) is 42.5 Å². The number of anilines is 2. The molecule has 2 aromatic carbocycles. The lowest BCUT2D eigenvalue weighted by atomic mass is 10.0. The zero-order valence-electron chi connectivity index (χ0n) is 18.5. The molecule has 176 valence electrons. The van der Waals surface area contributed by atoms with E-state index in [4.69, 9.17) is 21.6 Å². The van der Waals surface area contributed by atoms with Gasteiger partial charge in [0, 0.05) is 66.3 Å². The van der Waals surface area contributed by atoms with Gasteiger partial charge in [0.1, 0.15) is 17.7 Å².